The van der Waals surface area contributed by atoms with Crippen LogP contribution in [0.15, 0.2) is 0 Å². The SMILES string of the molecule is CC1(C(=O)N2CCN(C(=O)C3CCCCC3)CC2)CCCC1. The second-order valence-corrected chi connectivity index (χ2v) is 7.72. The third-order valence-electron chi connectivity index (χ3n) is 6.06. The van der Waals surface area contributed by atoms with E-state index in [2.05, 4.69) is 6.92 Å². The van der Waals surface area contributed by atoms with E-state index in [1.807, 2.05) is 9.80 Å². The molecule has 0 aromatic rings. The largest absolute Gasteiger partial charge is 0.339 e. The molecule has 2 saturated carbocycles. The summed E-state index contributed by atoms with van der Waals surface area (Å²) in [6.07, 6.45) is 10.3. The summed E-state index contributed by atoms with van der Waals surface area (Å²) in [4.78, 5) is 29.3. The average Bonchev–Trinajstić information content (AvgIpc) is 3.02. The van der Waals surface area contributed by atoms with Gasteiger partial charge in [-0.3, -0.25) is 9.59 Å². The fourth-order valence-corrected chi connectivity index (χ4v) is 4.49. The highest BCUT2D eigenvalue weighted by Crippen LogP contribution is 2.39. The first kappa shape index (κ1) is 15.8. The van der Waals surface area contributed by atoms with Crippen molar-refractivity contribution in [2.75, 3.05) is 26.2 Å². The normalized spacial score (nSPS) is 26.2. The second kappa shape index (κ2) is 6.59. The van der Waals surface area contributed by atoms with E-state index in [0.717, 1.165) is 51.9 Å². The lowest BCUT2D eigenvalue weighted by Crippen LogP contribution is -2.54. The topological polar surface area (TPSA) is 40.6 Å². The summed E-state index contributed by atoms with van der Waals surface area (Å²) >= 11 is 0. The van der Waals surface area contributed by atoms with Crippen LogP contribution in [0.1, 0.15) is 64.7 Å². The first-order valence-electron chi connectivity index (χ1n) is 9.18. The van der Waals surface area contributed by atoms with E-state index in [0.29, 0.717) is 11.8 Å². The number of piperazine rings is 1. The van der Waals surface area contributed by atoms with E-state index in [-0.39, 0.29) is 11.3 Å². The molecule has 4 nitrogen and oxygen atoms in total. The van der Waals surface area contributed by atoms with Gasteiger partial charge >= 0.3 is 0 Å². The molecule has 1 saturated heterocycles. The van der Waals surface area contributed by atoms with Gasteiger partial charge in [0, 0.05) is 37.5 Å². The molecule has 4 heteroatoms. The van der Waals surface area contributed by atoms with Crippen LogP contribution >= 0.6 is 0 Å². The molecule has 3 fully saturated rings. The van der Waals surface area contributed by atoms with Crippen LogP contribution in [0.25, 0.3) is 0 Å². The van der Waals surface area contributed by atoms with E-state index in [4.69, 9.17) is 0 Å². The van der Waals surface area contributed by atoms with Crippen molar-refractivity contribution in [1.29, 1.82) is 0 Å². The standard InChI is InChI=1S/C18H30N2O2/c1-18(9-5-6-10-18)17(22)20-13-11-19(12-14-20)16(21)15-7-3-2-4-8-15/h15H,2-14H2,1H3. The minimum Gasteiger partial charge on any atom is -0.339 e. The molecule has 2 amide bonds. The first-order chi connectivity index (χ1) is 10.6. The fraction of sp³-hybridized carbons (Fsp3) is 0.889. The maximum atomic E-state index is 12.7. The van der Waals surface area contributed by atoms with Crippen LogP contribution in [0.4, 0.5) is 0 Å². The Morgan fingerprint density at radius 1 is 0.818 bits per heavy atom. The van der Waals surface area contributed by atoms with Crippen LogP contribution in [0.3, 0.4) is 0 Å². The third kappa shape index (κ3) is 3.16. The molecule has 0 N–H and O–H groups in total. The van der Waals surface area contributed by atoms with Crippen LogP contribution in [0, 0.1) is 11.3 Å². The van der Waals surface area contributed by atoms with Gasteiger partial charge in [0.15, 0.2) is 0 Å². The first-order valence-corrected chi connectivity index (χ1v) is 9.18. The van der Waals surface area contributed by atoms with E-state index in [1.165, 1.54) is 32.1 Å². The number of hydrogen-bond acceptors (Lipinski definition) is 2. The van der Waals surface area contributed by atoms with Gasteiger partial charge in [-0.25, -0.2) is 0 Å². The molecule has 1 aliphatic heterocycles. The van der Waals surface area contributed by atoms with Gasteiger partial charge in [-0.05, 0) is 25.7 Å². The Bertz CT molecular complexity index is 415. The molecule has 0 bridgehead atoms. The molecule has 1 heterocycles. The molecule has 22 heavy (non-hydrogen) atoms. The van der Waals surface area contributed by atoms with Gasteiger partial charge in [0.05, 0.1) is 0 Å². The van der Waals surface area contributed by atoms with Crippen molar-refractivity contribution in [3.63, 3.8) is 0 Å². The summed E-state index contributed by atoms with van der Waals surface area (Å²) in [6.45, 7) is 5.05. The van der Waals surface area contributed by atoms with E-state index in [1.54, 1.807) is 0 Å². The van der Waals surface area contributed by atoms with Crippen LogP contribution in [-0.4, -0.2) is 47.8 Å². The second-order valence-electron chi connectivity index (χ2n) is 7.72. The summed E-state index contributed by atoms with van der Waals surface area (Å²) in [6, 6.07) is 0. The Balaban J connectivity index is 1.51. The molecule has 0 spiro atoms. The lowest BCUT2D eigenvalue weighted by molar-refractivity contribution is -0.147. The molecule has 0 aromatic heterocycles. The minimum absolute atomic E-state index is 0.129. The Hall–Kier alpha value is -1.06. The monoisotopic (exact) mass is 306 g/mol. The number of hydrogen-bond donors (Lipinski definition) is 0. The molecule has 3 aliphatic rings. The van der Waals surface area contributed by atoms with Crippen molar-refractivity contribution < 1.29 is 9.59 Å². The molecule has 3 rings (SSSR count). The highest BCUT2D eigenvalue weighted by molar-refractivity contribution is 5.83. The maximum absolute atomic E-state index is 12.7. The summed E-state index contributed by atoms with van der Waals surface area (Å²) in [5.74, 6) is 0.928. The number of nitrogens with zero attached hydrogens (tertiary/aromatic N) is 2. The summed E-state index contributed by atoms with van der Waals surface area (Å²) in [5, 5.41) is 0. The zero-order valence-corrected chi connectivity index (χ0v) is 14.0. The lowest BCUT2D eigenvalue weighted by Gasteiger charge is -2.40. The minimum atomic E-state index is -0.129. The Morgan fingerprint density at radius 3 is 1.95 bits per heavy atom. The van der Waals surface area contributed by atoms with Gasteiger partial charge in [0.25, 0.3) is 0 Å². The summed E-state index contributed by atoms with van der Waals surface area (Å²) in [7, 11) is 0. The molecule has 124 valence electrons. The molecule has 0 radical (unpaired) electrons. The van der Waals surface area contributed by atoms with Gasteiger partial charge in [-0.15, -0.1) is 0 Å². The Labute approximate surface area is 134 Å². The predicted molar refractivity (Wildman–Crippen MR) is 86.3 cm³/mol. The summed E-state index contributed by atoms with van der Waals surface area (Å²) < 4.78 is 0. The lowest BCUT2D eigenvalue weighted by atomic mass is 9.86. The molecule has 0 unspecified atom stereocenters. The van der Waals surface area contributed by atoms with Crippen molar-refractivity contribution in [2.24, 2.45) is 11.3 Å². The van der Waals surface area contributed by atoms with Gasteiger partial charge in [-0.1, -0.05) is 39.0 Å². The molecule has 0 atom stereocenters. The third-order valence-corrected chi connectivity index (χ3v) is 6.06. The van der Waals surface area contributed by atoms with Gasteiger partial charge in [0.1, 0.15) is 0 Å². The molecular weight excluding hydrogens is 276 g/mol. The average molecular weight is 306 g/mol. The van der Waals surface area contributed by atoms with Crippen LogP contribution in [0.2, 0.25) is 0 Å². The molecule has 2 aliphatic carbocycles. The van der Waals surface area contributed by atoms with Crippen molar-refractivity contribution >= 4 is 11.8 Å². The number of carbonyl (C=O) groups excluding carboxylic acids is 2. The van der Waals surface area contributed by atoms with Crippen molar-refractivity contribution in [3.8, 4) is 0 Å². The highest BCUT2D eigenvalue weighted by Gasteiger charge is 2.40. The maximum Gasteiger partial charge on any atom is 0.228 e. The van der Waals surface area contributed by atoms with Crippen molar-refractivity contribution in [1.82, 2.24) is 9.80 Å². The van der Waals surface area contributed by atoms with E-state index in [9.17, 15) is 9.59 Å². The van der Waals surface area contributed by atoms with Crippen molar-refractivity contribution in [3.05, 3.63) is 0 Å². The Morgan fingerprint density at radius 2 is 1.36 bits per heavy atom. The number of carbonyl (C=O) groups is 2. The smallest absolute Gasteiger partial charge is 0.228 e. The zero-order chi connectivity index (χ0) is 15.6. The van der Waals surface area contributed by atoms with E-state index < -0.39 is 0 Å². The quantitative estimate of drug-likeness (QED) is 0.787. The van der Waals surface area contributed by atoms with Crippen molar-refractivity contribution in [2.45, 2.75) is 64.7 Å². The van der Waals surface area contributed by atoms with Crippen LogP contribution in [-0.2, 0) is 9.59 Å². The zero-order valence-electron chi connectivity index (χ0n) is 14.0. The highest BCUT2D eigenvalue weighted by atomic mass is 16.2. The van der Waals surface area contributed by atoms with E-state index >= 15 is 0 Å². The van der Waals surface area contributed by atoms with Crippen LogP contribution in [0.5, 0.6) is 0 Å². The predicted octanol–water partition coefficient (Wildman–Crippen LogP) is 2.82. The van der Waals surface area contributed by atoms with Gasteiger partial charge in [-0.2, -0.15) is 0 Å². The fourth-order valence-electron chi connectivity index (χ4n) is 4.49. The number of rotatable bonds is 2. The molecular formula is C18H30N2O2. The number of amides is 2. The Kier molecular flexibility index (Phi) is 4.74. The molecule has 0 aromatic carbocycles. The van der Waals surface area contributed by atoms with Crippen LogP contribution < -0.4 is 0 Å². The van der Waals surface area contributed by atoms with Gasteiger partial charge in [0.2, 0.25) is 11.8 Å². The van der Waals surface area contributed by atoms with Gasteiger partial charge < -0.3 is 9.80 Å². The summed E-state index contributed by atoms with van der Waals surface area (Å²) in [5.41, 5.74) is -0.129.